The lowest BCUT2D eigenvalue weighted by Crippen LogP contribution is -2.07. The number of para-hydroxylation sites is 1. The highest BCUT2D eigenvalue weighted by Gasteiger charge is 2.26. The first kappa shape index (κ1) is 26.5. The lowest BCUT2D eigenvalue weighted by Gasteiger charge is -2.17. The molecule has 4 aromatic rings. The molecule has 0 bridgehead atoms. The number of phenols is 4. The molecule has 38 heavy (non-hydrogen) atoms. The van der Waals surface area contributed by atoms with Gasteiger partial charge in [0.25, 0.3) is 0 Å². The summed E-state index contributed by atoms with van der Waals surface area (Å²) in [5.74, 6) is -1.46. The fourth-order valence-electron chi connectivity index (χ4n) is 5.11. The fraction of sp³-hybridized carbons (Fsp3) is 0.226. The second-order valence-electron chi connectivity index (χ2n) is 9.64. The molecule has 4 N–H and O–H groups in total. The zero-order valence-corrected chi connectivity index (χ0v) is 21.9. The molecule has 1 aromatic heterocycles. The van der Waals surface area contributed by atoms with Crippen LogP contribution >= 0.6 is 0 Å². The number of nitrogens with zero attached hydrogens (tertiary/aromatic N) is 1. The monoisotopic (exact) mass is 513 g/mol. The van der Waals surface area contributed by atoms with E-state index in [-0.39, 0.29) is 69.7 Å². The molecule has 7 nitrogen and oxygen atoms in total. The Labute approximate surface area is 220 Å². The SMILES string of the molecule is C=CCn1c(Cc2c(O)c(C)cc(C(C)=O)c2O)c(Cc2c(O)c(C)cc(C(C)=O)c2O)c2ccccc21. The number of aromatic nitrogens is 1. The van der Waals surface area contributed by atoms with Crippen LogP contribution in [-0.2, 0) is 19.4 Å². The van der Waals surface area contributed by atoms with Gasteiger partial charge in [0.05, 0.1) is 11.1 Å². The van der Waals surface area contributed by atoms with Crippen LogP contribution in [0.2, 0.25) is 0 Å². The van der Waals surface area contributed by atoms with Gasteiger partial charge in [-0.15, -0.1) is 6.58 Å². The minimum absolute atomic E-state index is 0.0599. The number of aromatic hydroxyl groups is 4. The van der Waals surface area contributed by atoms with E-state index in [1.165, 1.54) is 26.0 Å². The fourth-order valence-corrected chi connectivity index (χ4v) is 5.11. The van der Waals surface area contributed by atoms with E-state index in [9.17, 15) is 30.0 Å². The summed E-state index contributed by atoms with van der Waals surface area (Å²) in [6, 6.07) is 10.5. The predicted molar refractivity (Wildman–Crippen MR) is 147 cm³/mol. The number of rotatable bonds is 8. The third kappa shape index (κ3) is 4.41. The summed E-state index contributed by atoms with van der Waals surface area (Å²) in [7, 11) is 0. The van der Waals surface area contributed by atoms with E-state index in [0.717, 1.165) is 16.5 Å². The van der Waals surface area contributed by atoms with Crippen LogP contribution in [0.25, 0.3) is 10.9 Å². The minimum Gasteiger partial charge on any atom is -0.507 e. The first-order valence-corrected chi connectivity index (χ1v) is 12.3. The average molecular weight is 514 g/mol. The molecule has 0 spiro atoms. The van der Waals surface area contributed by atoms with Gasteiger partial charge in [0.1, 0.15) is 23.0 Å². The predicted octanol–water partition coefficient (Wildman–Crippen LogP) is 5.85. The van der Waals surface area contributed by atoms with E-state index in [0.29, 0.717) is 23.4 Å². The van der Waals surface area contributed by atoms with E-state index < -0.39 is 0 Å². The second kappa shape index (κ2) is 10.1. The maximum absolute atomic E-state index is 12.2. The van der Waals surface area contributed by atoms with Crippen LogP contribution in [0.1, 0.15) is 68.1 Å². The molecular formula is C31H31NO6. The molecule has 0 aliphatic rings. The maximum atomic E-state index is 12.2. The molecule has 0 aliphatic heterocycles. The van der Waals surface area contributed by atoms with Gasteiger partial charge in [-0.05, 0) is 62.6 Å². The normalized spacial score (nSPS) is 11.2. The molecule has 0 aliphatic carbocycles. The Bertz CT molecular complexity index is 1630. The zero-order chi connectivity index (χ0) is 27.9. The van der Waals surface area contributed by atoms with Crippen molar-refractivity contribution in [2.45, 2.75) is 47.1 Å². The first-order valence-electron chi connectivity index (χ1n) is 12.3. The molecule has 0 saturated carbocycles. The summed E-state index contributed by atoms with van der Waals surface area (Å²) in [6.45, 7) is 10.3. The lowest BCUT2D eigenvalue weighted by molar-refractivity contribution is 0.100. The van der Waals surface area contributed by atoms with Crippen LogP contribution in [0.15, 0.2) is 49.1 Å². The van der Waals surface area contributed by atoms with E-state index in [4.69, 9.17) is 0 Å². The van der Waals surface area contributed by atoms with Gasteiger partial charge in [0, 0.05) is 47.1 Å². The van der Waals surface area contributed by atoms with Crippen LogP contribution in [-0.4, -0.2) is 36.6 Å². The standard InChI is InChI=1S/C31H31NO6/c1-6-11-32-26-10-8-7-9-20(26)23(14-24-28(35)16(2)12-21(18(4)33)30(24)37)27(32)15-25-29(36)17(3)13-22(19(5)34)31(25)38/h6-10,12-13,35-38H,1,11,14-15H2,2-5H3. The lowest BCUT2D eigenvalue weighted by atomic mass is 9.92. The Balaban J connectivity index is 2.03. The third-order valence-electron chi connectivity index (χ3n) is 7.08. The molecule has 0 radical (unpaired) electrons. The number of aryl methyl sites for hydroxylation is 2. The van der Waals surface area contributed by atoms with Gasteiger partial charge in [-0.3, -0.25) is 9.59 Å². The van der Waals surface area contributed by atoms with E-state index in [2.05, 4.69) is 6.58 Å². The molecule has 0 amide bonds. The van der Waals surface area contributed by atoms with Crippen molar-refractivity contribution in [1.82, 2.24) is 4.57 Å². The van der Waals surface area contributed by atoms with Crippen molar-refractivity contribution in [3.63, 3.8) is 0 Å². The number of hydrogen-bond acceptors (Lipinski definition) is 6. The van der Waals surface area contributed by atoms with E-state index in [1.54, 1.807) is 19.9 Å². The highest BCUT2D eigenvalue weighted by Crippen LogP contribution is 2.41. The third-order valence-corrected chi connectivity index (χ3v) is 7.08. The van der Waals surface area contributed by atoms with Crippen LogP contribution in [0.5, 0.6) is 23.0 Å². The number of phenolic OH excluding ortho intramolecular Hbond substituents is 4. The number of allylic oxidation sites excluding steroid dienone is 1. The number of Topliss-reactive ketones (excluding diaryl/α,β-unsaturated/α-hetero) is 2. The Kier molecular flexibility index (Phi) is 7.05. The molecule has 0 unspecified atom stereocenters. The number of hydrogen-bond donors (Lipinski definition) is 4. The number of carbonyl (C=O) groups is 2. The molecule has 0 fully saturated rings. The van der Waals surface area contributed by atoms with Crippen molar-refractivity contribution in [2.75, 3.05) is 0 Å². The van der Waals surface area contributed by atoms with Crippen LogP contribution < -0.4 is 0 Å². The van der Waals surface area contributed by atoms with Crippen LogP contribution in [0.4, 0.5) is 0 Å². The average Bonchev–Trinajstić information content (AvgIpc) is 3.15. The molecule has 0 atom stereocenters. The minimum atomic E-state index is -0.329. The molecule has 7 heteroatoms. The van der Waals surface area contributed by atoms with Gasteiger partial charge in [0.15, 0.2) is 11.6 Å². The van der Waals surface area contributed by atoms with Crippen molar-refractivity contribution >= 4 is 22.5 Å². The smallest absolute Gasteiger partial charge is 0.163 e. The number of fused-ring (bicyclic) bond motifs is 1. The quantitative estimate of drug-likeness (QED) is 0.173. The summed E-state index contributed by atoms with van der Waals surface area (Å²) < 4.78 is 1.99. The molecule has 1 heterocycles. The highest BCUT2D eigenvalue weighted by molar-refractivity contribution is 5.99. The first-order chi connectivity index (χ1) is 18.0. The summed E-state index contributed by atoms with van der Waals surface area (Å²) >= 11 is 0. The van der Waals surface area contributed by atoms with Crippen LogP contribution in [0, 0.1) is 13.8 Å². The van der Waals surface area contributed by atoms with E-state index >= 15 is 0 Å². The Morgan fingerprint density at radius 3 is 1.79 bits per heavy atom. The zero-order valence-electron chi connectivity index (χ0n) is 21.9. The number of ketones is 2. The van der Waals surface area contributed by atoms with Gasteiger partial charge in [-0.1, -0.05) is 24.3 Å². The van der Waals surface area contributed by atoms with Gasteiger partial charge in [-0.2, -0.15) is 0 Å². The van der Waals surface area contributed by atoms with Crippen molar-refractivity contribution in [2.24, 2.45) is 0 Å². The van der Waals surface area contributed by atoms with Crippen molar-refractivity contribution in [3.8, 4) is 23.0 Å². The number of carbonyl (C=O) groups excluding carboxylic acids is 2. The molecule has 4 rings (SSSR count). The molecule has 3 aromatic carbocycles. The number of benzene rings is 3. The van der Waals surface area contributed by atoms with Crippen molar-refractivity contribution in [3.05, 3.63) is 93.7 Å². The largest absolute Gasteiger partial charge is 0.507 e. The maximum Gasteiger partial charge on any atom is 0.163 e. The van der Waals surface area contributed by atoms with Crippen molar-refractivity contribution < 1.29 is 30.0 Å². The summed E-state index contributed by atoms with van der Waals surface area (Å²) in [6.07, 6.45) is 1.86. The summed E-state index contributed by atoms with van der Waals surface area (Å²) in [5, 5.41) is 44.7. The topological polar surface area (TPSA) is 120 Å². The highest BCUT2D eigenvalue weighted by atomic mass is 16.3. The Morgan fingerprint density at radius 1 is 0.789 bits per heavy atom. The summed E-state index contributed by atoms with van der Waals surface area (Å²) in [5.41, 5.74) is 3.84. The van der Waals surface area contributed by atoms with Gasteiger partial charge < -0.3 is 25.0 Å². The summed E-state index contributed by atoms with van der Waals surface area (Å²) in [4.78, 5) is 24.4. The second-order valence-corrected chi connectivity index (χ2v) is 9.64. The molecule has 196 valence electrons. The van der Waals surface area contributed by atoms with Gasteiger partial charge in [0.2, 0.25) is 0 Å². The van der Waals surface area contributed by atoms with E-state index in [1.807, 2.05) is 28.8 Å². The van der Waals surface area contributed by atoms with Gasteiger partial charge >= 0.3 is 0 Å². The Hall–Kier alpha value is -4.52. The molecule has 0 saturated heterocycles. The van der Waals surface area contributed by atoms with Crippen LogP contribution in [0.3, 0.4) is 0 Å². The van der Waals surface area contributed by atoms with Gasteiger partial charge in [-0.25, -0.2) is 0 Å². The molecular weight excluding hydrogens is 482 g/mol. The Morgan fingerprint density at radius 2 is 1.29 bits per heavy atom. The van der Waals surface area contributed by atoms with Crippen molar-refractivity contribution in [1.29, 1.82) is 0 Å².